The van der Waals surface area contributed by atoms with E-state index in [1.807, 2.05) is 6.92 Å². The average molecular weight is 340 g/mol. The zero-order valence-electron chi connectivity index (χ0n) is 10.2. The molecule has 0 bridgehead atoms. The summed E-state index contributed by atoms with van der Waals surface area (Å²) in [6, 6.07) is 3.13. The molecule has 0 amide bonds. The lowest BCUT2D eigenvalue weighted by Gasteiger charge is -2.09. The SMILES string of the molecule is Cc1c(C(=S)c2conc2C2CC2)ccc(F)c1Br. The third-order valence-electron chi connectivity index (χ3n) is 3.39. The van der Waals surface area contributed by atoms with Crippen LogP contribution in [0.5, 0.6) is 0 Å². The van der Waals surface area contributed by atoms with Gasteiger partial charge in [-0.3, -0.25) is 0 Å². The predicted molar refractivity (Wildman–Crippen MR) is 78.1 cm³/mol. The van der Waals surface area contributed by atoms with Crippen molar-refractivity contribution in [2.24, 2.45) is 0 Å². The van der Waals surface area contributed by atoms with Crippen LogP contribution in [0.3, 0.4) is 0 Å². The molecule has 0 aliphatic heterocycles. The van der Waals surface area contributed by atoms with Crippen LogP contribution in [0.4, 0.5) is 4.39 Å². The Labute approximate surface area is 124 Å². The van der Waals surface area contributed by atoms with Crippen molar-refractivity contribution in [3.8, 4) is 0 Å². The number of rotatable bonds is 3. The minimum atomic E-state index is -0.281. The second-order valence-corrected chi connectivity index (χ2v) is 5.95. The fourth-order valence-electron chi connectivity index (χ4n) is 2.11. The Kier molecular flexibility index (Phi) is 3.27. The van der Waals surface area contributed by atoms with Gasteiger partial charge in [-0.25, -0.2) is 4.39 Å². The van der Waals surface area contributed by atoms with Crippen LogP contribution in [0.15, 0.2) is 27.4 Å². The van der Waals surface area contributed by atoms with Gasteiger partial charge in [0.15, 0.2) is 0 Å². The van der Waals surface area contributed by atoms with Crippen LogP contribution in [0.1, 0.15) is 41.1 Å². The summed E-state index contributed by atoms with van der Waals surface area (Å²) in [5, 5.41) is 4.05. The minimum Gasteiger partial charge on any atom is -0.364 e. The molecule has 0 radical (unpaired) electrons. The minimum absolute atomic E-state index is 0.281. The third-order valence-corrected chi connectivity index (χ3v) is 4.80. The maximum absolute atomic E-state index is 13.5. The van der Waals surface area contributed by atoms with Gasteiger partial charge in [-0.05, 0) is 52.9 Å². The number of benzene rings is 1. The van der Waals surface area contributed by atoms with Crippen molar-refractivity contribution < 1.29 is 8.91 Å². The Bertz CT molecular complexity index is 663. The van der Waals surface area contributed by atoms with Gasteiger partial charge in [0.25, 0.3) is 0 Å². The van der Waals surface area contributed by atoms with Crippen LogP contribution in [-0.4, -0.2) is 10.0 Å². The summed E-state index contributed by atoms with van der Waals surface area (Å²) in [5.74, 6) is 0.188. The Hall–Kier alpha value is -1.07. The second kappa shape index (κ2) is 4.80. The highest BCUT2D eigenvalue weighted by Gasteiger charge is 2.31. The van der Waals surface area contributed by atoms with Gasteiger partial charge in [-0.2, -0.15) is 0 Å². The van der Waals surface area contributed by atoms with Gasteiger partial charge in [-0.1, -0.05) is 23.4 Å². The normalized spacial score (nSPS) is 14.7. The maximum Gasteiger partial charge on any atom is 0.137 e. The lowest BCUT2D eigenvalue weighted by molar-refractivity contribution is 0.412. The van der Waals surface area contributed by atoms with Gasteiger partial charge >= 0.3 is 0 Å². The van der Waals surface area contributed by atoms with Crippen LogP contribution >= 0.6 is 28.1 Å². The Morgan fingerprint density at radius 1 is 1.42 bits per heavy atom. The van der Waals surface area contributed by atoms with E-state index in [1.165, 1.54) is 6.07 Å². The highest BCUT2D eigenvalue weighted by Crippen LogP contribution is 2.41. The number of aromatic nitrogens is 1. The van der Waals surface area contributed by atoms with Crippen LogP contribution in [0.25, 0.3) is 0 Å². The first kappa shape index (κ1) is 12.9. The van der Waals surface area contributed by atoms with Crippen molar-refractivity contribution in [2.75, 3.05) is 0 Å². The molecule has 1 fully saturated rings. The highest BCUT2D eigenvalue weighted by molar-refractivity contribution is 9.10. The number of hydrogen-bond donors (Lipinski definition) is 0. The molecule has 1 aromatic carbocycles. The van der Waals surface area contributed by atoms with Crippen LogP contribution in [0, 0.1) is 12.7 Å². The van der Waals surface area contributed by atoms with E-state index >= 15 is 0 Å². The quantitative estimate of drug-likeness (QED) is 0.607. The first-order valence-corrected chi connectivity index (χ1v) is 7.23. The molecule has 0 atom stereocenters. The number of nitrogens with zero attached hydrogens (tertiary/aromatic N) is 1. The van der Waals surface area contributed by atoms with Crippen LogP contribution < -0.4 is 0 Å². The largest absolute Gasteiger partial charge is 0.364 e. The van der Waals surface area contributed by atoms with Crippen molar-refractivity contribution in [1.29, 1.82) is 0 Å². The van der Waals surface area contributed by atoms with E-state index in [0.717, 1.165) is 35.2 Å². The summed E-state index contributed by atoms with van der Waals surface area (Å²) >= 11 is 8.77. The average Bonchev–Trinajstić information content (AvgIpc) is 3.13. The Morgan fingerprint density at radius 2 is 2.16 bits per heavy atom. The predicted octanol–water partition coefficient (Wildman–Crippen LogP) is 4.53. The summed E-state index contributed by atoms with van der Waals surface area (Å²) in [6.45, 7) is 1.85. The summed E-state index contributed by atoms with van der Waals surface area (Å²) in [4.78, 5) is 0.668. The summed E-state index contributed by atoms with van der Waals surface area (Å²) in [7, 11) is 0. The van der Waals surface area contributed by atoms with Crippen molar-refractivity contribution >= 4 is 33.0 Å². The second-order valence-electron chi connectivity index (χ2n) is 4.75. The summed E-state index contributed by atoms with van der Waals surface area (Å²) in [6.07, 6.45) is 3.86. The molecule has 1 aromatic heterocycles. The molecule has 3 rings (SSSR count). The topological polar surface area (TPSA) is 26.0 Å². The molecule has 0 N–H and O–H groups in total. The van der Waals surface area contributed by atoms with Crippen molar-refractivity contribution in [2.45, 2.75) is 25.7 Å². The first-order chi connectivity index (χ1) is 9.09. The molecule has 2 nitrogen and oxygen atoms in total. The lowest BCUT2D eigenvalue weighted by Crippen LogP contribution is -2.05. The number of hydrogen-bond acceptors (Lipinski definition) is 3. The first-order valence-electron chi connectivity index (χ1n) is 6.03. The van der Waals surface area contributed by atoms with Gasteiger partial charge in [-0.15, -0.1) is 0 Å². The number of thiocarbonyl (C=S) groups is 1. The van der Waals surface area contributed by atoms with Crippen molar-refractivity contribution in [3.63, 3.8) is 0 Å². The molecule has 0 spiro atoms. The van der Waals surface area contributed by atoms with Crippen LogP contribution in [-0.2, 0) is 0 Å². The zero-order chi connectivity index (χ0) is 13.6. The van der Waals surface area contributed by atoms with Gasteiger partial charge in [0.05, 0.1) is 20.6 Å². The Balaban J connectivity index is 2.04. The van der Waals surface area contributed by atoms with Gasteiger partial charge < -0.3 is 4.52 Å². The van der Waals surface area contributed by atoms with E-state index in [4.69, 9.17) is 16.7 Å². The number of halogens is 2. The Morgan fingerprint density at radius 3 is 2.84 bits per heavy atom. The standard InChI is InChI=1S/C14H11BrFNOS/c1-7-9(4-5-11(16)12(7)15)14(19)10-6-18-17-13(10)8-2-3-8/h4-6,8H,2-3H2,1H3. The van der Waals surface area contributed by atoms with Crippen molar-refractivity contribution in [1.82, 2.24) is 5.16 Å². The van der Waals surface area contributed by atoms with Crippen molar-refractivity contribution in [3.05, 3.63) is 51.1 Å². The molecule has 98 valence electrons. The van der Waals surface area contributed by atoms with E-state index < -0.39 is 0 Å². The zero-order valence-corrected chi connectivity index (χ0v) is 12.6. The molecule has 1 saturated carbocycles. The molecule has 1 heterocycles. The summed E-state index contributed by atoms with van der Waals surface area (Å²) in [5.41, 5.74) is 3.44. The molecule has 1 aliphatic carbocycles. The fraction of sp³-hybridized carbons (Fsp3) is 0.286. The van der Waals surface area contributed by atoms with Gasteiger partial charge in [0.2, 0.25) is 0 Å². The molecule has 2 aromatic rings. The summed E-state index contributed by atoms with van der Waals surface area (Å²) < 4.78 is 19.0. The monoisotopic (exact) mass is 339 g/mol. The highest BCUT2D eigenvalue weighted by atomic mass is 79.9. The molecule has 0 unspecified atom stereocenters. The molecule has 19 heavy (non-hydrogen) atoms. The molecular weight excluding hydrogens is 329 g/mol. The van der Waals surface area contributed by atoms with Crippen LogP contribution in [0.2, 0.25) is 0 Å². The van der Waals surface area contributed by atoms with E-state index in [9.17, 15) is 4.39 Å². The molecule has 1 aliphatic rings. The molecule has 0 saturated heterocycles. The molecular formula is C14H11BrFNOS. The smallest absolute Gasteiger partial charge is 0.137 e. The van der Waals surface area contributed by atoms with Gasteiger partial charge in [0, 0.05) is 5.92 Å². The fourth-order valence-corrected chi connectivity index (χ4v) is 2.83. The van der Waals surface area contributed by atoms with Gasteiger partial charge in [0.1, 0.15) is 12.1 Å². The van der Waals surface area contributed by atoms with E-state index in [-0.39, 0.29) is 5.82 Å². The lowest BCUT2D eigenvalue weighted by atomic mass is 9.99. The molecule has 5 heteroatoms. The van der Waals surface area contributed by atoms with E-state index in [0.29, 0.717) is 15.3 Å². The van der Waals surface area contributed by atoms with E-state index in [1.54, 1.807) is 12.3 Å². The third kappa shape index (κ3) is 2.25. The maximum atomic E-state index is 13.5. The van der Waals surface area contributed by atoms with E-state index in [2.05, 4.69) is 21.1 Å².